The quantitative estimate of drug-likeness (QED) is 0.614. The van der Waals surface area contributed by atoms with Crippen LogP contribution in [0.4, 0.5) is 0 Å². The van der Waals surface area contributed by atoms with E-state index in [1.54, 1.807) is 0 Å². The lowest BCUT2D eigenvalue weighted by atomic mass is 10.0. The van der Waals surface area contributed by atoms with Gasteiger partial charge in [0.25, 0.3) is 0 Å². The molecule has 0 aliphatic heterocycles. The molecule has 1 unspecified atom stereocenters. The van der Waals surface area contributed by atoms with Gasteiger partial charge in [-0.1, -0.05) is 100 Å². The predicted molar refractivity (Wildman–Crippen MR) is 96.0 cm³/mol. The molecular weight excluding hydrogens is 271 g/mol. The van der Waals surface area contributed by atoms with Gasteiger partial charge in [0.2, 0.25) is 0 Å². The Balaban J connectivity index is 1.78. The Labute approximate surface area is 128 Å². The predicted octanol–water partition coefficient (Wildman–Crippen LogP) is 4.63. The molecule has 0 saturated carbocycles. The second-order valence-corrected chi connectivity index (χ2v) is 6.30. The van der Waals surface area contributed by atoms with Gasteiger partial charge in [-0.2, -0.15) is 0 Å². The van der Waals surface area contributed by atoms with Crippen LogP contribution in [0.3, 0.4) is 0 Å². The van der Waals surface area contributed by atoms with Gasteiger partial charge in [-0.25, -0.2) is 0 Å². The van der Waals surface area contributed by atoms with Gasteiger partial charge >= 0.3 is 0 Å². The summed E-state index contributed by atoms with van der Waals surface area (Å²) in [6.45, 7) is 3.79. The van der Waals surface area contributed by atoms with Crippen molar-refractivity contribution in [2.24, 2.45) is 0 Å². The van der Waals surface area contributed by atoms with Gasteiger partial charge in [-0.15, -0.1) is 0 Å². The van der Waals surface area contributed by atoms with Crippen LogP contribution in [0, 0.1) is 0 Å². The van der Waals surface area contributed by atoms with Crippen molar-refractivity contribution < 1.29 is 0 Å². The average Bonchev–Trinajstić information content (AvgIpc) is 2.57. The van der Waals surface area contributed by atoms with Crippen molar-refractivity contribution in [2.75, 3.05) is 0 Å². The number of benzene rings is 3. The first-order valence-corrected chi connectivity index (χ1v) is 8.00. The highest BCUT2D eigenvalue weighted by molar-refractivity contribution is 7.55. The van der Waals surface area contributed by atoms with Crippen molar-refractivity contribution >= 4 is 25.3 Å². The maximum atomic E-state index is 3.79. The fourth-order valence-corrected chi connectivity index (χ4v) is 3.27. The molecule has 0 amide bonds. The summed E-state index contributed by atoms with van der Waals surface area (Å²) < 4.78 is 0. The number of hydrogen-bond acceptors (Lipinski definition) is 0. The summed E-state index contributed by atoms with van der Waals surface area (Å²) >= 11 is 0. The molecule has 0 N–H and O–H groups in total. The normalized spacial score (nSPS) is 10.9. The van der Waals surface area contributed by atoms with E-state index in [9.17, 15) is 0 Å². The summed E-state index contributed by atoms with van der Waals surface area (Å²) in [4.78, 5) is 0. The molecule has 0 radical (unpaired) electrons. The molecule has 3 aromatic carbocycles. The largest absolute Gasteiger partial charge is 0.0985 e. The topological polar surface area (TPSA) is 0 Å². The van der Waals surface area contributed by atoms with E-state index in [0.717, 1.165) is 5.56 Å². The minimum atomic E-state index is 0.715. The lowest BCUT2D eigenvalue weighted by Crippen LogP contribution is -2.02. The van der Waals surface area contributed by atoms with Crippen LogP contribution in [0.15, 0.2) is 85.4 Å². The molecule has 1 heteroatoms. The Morgan fingerprint density at radius 1 is 0.619 bits per heavy atom. The zero-order valence-corrected chi connectivity index (χ0v) is 12.8. The highest BCUT2D eigenvalue weighted by atomic mass is 31.1. The Hall–Kier alpha value is -2.17. The third-order valence-corrected chi connectivity index (χ3v) is 4.67. The maximum Gasteiger partial charge on any atom is -0.0184 e. The van der Waals surface area contributed by atoms with Crippen LogP contribution < -0.4 is 10.6 Å². The lowest BCUT2D eigenvalue weighted by Gasteiger charge is -2.05. The number of hydrogen-bond donors (Lipinski definition) is 0. The van der Waals surface area contributed by atoms with E-state index in [4.69, 9.17) is 0 Å². The zero-order valence-electron chi connectivity index (χ0n) is 11.8. The zero-order chi connectivity index (χ0) is 14.5. The van der Waals surface area contributed by atoms with Gasteiger partial charge in [0.15, 0.2) is 0 Å². The number of rotatable bonds is 4. The van der Waals surface area contributed by atoms with Gasteiger partial charge in [-0.3, -0.25) is 0 Å². The monoisotopic (exact) mass is 288 g/mol. The SMILES string of the molecule is C=Cc1ccc(-c2ccc(Pc3ccccc3)cc2)cc1. The molecular formula is C20H17P. The minimum absolute atomic E-state index is 0.715. The van der Waals surface area contributed by atoms with Crippen molar-refractivity contribution in [1.29, 1.82) is 0 Å². The summed E-state index contributed by atoms with van der Waals surface area (Å²) in [6, 6.07) is 28.0. The van der Waals surface area contributed by atoms with Crippen LogP contribution in [-0.4, -0.2) is 0 Å². The van der Waals surface area contributed by atoms with Gasteiger partial charge < -0.3 is 0 Å². The van der Waals surface area contributed by atoms with Gasteiger partial charge in [0.1, 0.15) is 0 Å². The van der Waals surface area contributed by atoms with Crippen molar-refractivity contribution in [3.05, 3.63) is 91.0 Å². The van der Waals surface area contributed by atoms with Crippen molar-refractivity contribution in [3.8, 4) is 11.1 Å². The standard InChI is InChI=1S/C20H17P/c1-2-16-8-10-17(11-9-16)18-12-14-20(15-13-18)21-19-6-4-3-5-7-19/h2-15,21H,1H2. The van der Waals surface area contributed by atoms with Crippen LogP contribution in [0.2, 0.25) is 0 Å². The molecule has 0 aliphatic carbocycles. The molecule has 3 rings (SSSR count). The first-order valence-electron chi connectivity index (χ1n) is 7.00. The molecule has 3 aromatic rings. The van der Waals surface area contributed by atoms with Crippen molar-refractivity contribution in [1.82, 2.24) is 0 Å². The van der Waals surface area contributed by atoms with E-state index in [1.807, 2.05) is 6.08 Å². The molecule has 1 atom stereocenters. The molecule has 0 aromatic heterocycles. The third-order valence-electron chi connectivity index (χ3n) is 3.43. The Morgan fingerprint density at radius 3 is 1.71 bits per heavy atom. The van der Waals surface area contributed by atoms with E-state index in [-0.39, 0.29) is 0 Å². The fourth-order valence-electron chi connectivity index (χ4n) is 2.25. The molecule has 0 fully saturated rings. The second kappa shape index (κ2) is 6.52. The first kappa shape index (κ1) is 13.8. The maximum absolute atomic E-state index is 3.79. The fraction of sp³-hybridized carbons (Fsp3) is 0. The molecule has 0 nitrogen and oxygen atoms in total. The van der Waals surface area contributed by atoms with E-state index < -0.39 is 0 Å². The molecule has 0 bridgehead atoms. The summed E-state index contributed by atoms with van der Waals surface area (Å²) in [6.07, 6.45) is 1.87. The van der Waals surface area contributed by atoms with E-state index in [0.29, 0.717) is 8.58 Å². The molecule has 0 aliphatic rings. The highest BCUT2D eigenvalue weighted by Crippen LogP contribution is 2.21. The average molecular weight is 288 g/mol. The van der Waals surface area contributed by atoms with Gasteiger partial charge in [0, 0.05) is 0 Å². The van der Waals surface area contributed by atoms with Crippen LogP contribution in [0.1, 0.15) is 5.56 Å². The third kappa shape index (κ3) is 3.48. The molecule has 21 heavy (non-hydrogen) atoms. The van der Waals surface area contributed by atoms with Gasteiger partial charge in [0.05, 0.1) is 0 Å². The molecule has 0 saturated heterocycles. The molecule has 0 heterocycles. The van der Waals surface area contributed by atoms with Gasteiger partial charge in [-0.05, 0) is 27.3 Å². The smallest absolute Gasteiger partial charge is 0.0184 e. The Bertz CT molecular complexity index is 710. The minimum Gasteiger partial charge on any atom is -0.0985 e. The highest BCUT2D eigenvalue weighted by Gasteiger charge is 1.99. The van der Waals surface area contributed by atoms with Crippen LogP contribution in [-0.2, 0) is 0 Å². The van der Waals surface area contributed by atoms with Crippen molar-refractivity contribution in [2.45, 2.75) is 0 Å². The Kier molecular flexibility index (Phi) is 4.28. The van der Waals surface area contributed by atoms with Crippen LogP contribution >= 0.6 is 8.58 Å². The van der Waals surface area contributed by atoms with E-state index in [2.05, 4.69) is 85.4 Å². The van der Waals surface area contributed by atoms with E-state index >= 15 is 0 Å². The van der Waals surface area contributed by atoms with Crippen molar-refractivity contribution in [3.63, 3.8) is 0 Å². The summed E-state index contributed by atoms with van der Waals surface area (Å²) in [7, 11) is 0.715. The van der Waals surface area contributed by atoms with E-state index in [1.165, 1.54) is 21.7 Å². The first-order chi connectivity index (χ1) is 10.3. The van der Waals surface area contributed by atoms with Crippen LogP contribution in [0.25, 0.3) is 17.2 Å². The molecule has 0 spiro atoms. The summed E-state index contributed by atoms with van der Waals surface area (Å²) in [5.74, 6) is 0. The molecule has 102 valence electrons. The second-order valence-electron chi connectivity index (χ2n) is 4.89. The summed E-state index contributed by atoms with van der Waals surface area (Å²) in [5.41, 5.74) is 3.66. The summed E-state index contributed by atoms with van der Waals surface area (Å²) in [5, 5.41) is 2.74. The lowest BCUT2D eigenvalue weighted by molar-refractivity contribution is 1.61. The van der Waals surface area contributed by atoms with Crippen LogP contribution in [0.5, 0.6) is 0 Å². The Morgan fingerprint density at radius 2 is 1.14 bits per heavy atom.